The van der Waals surface area contributed by atoms with Crippen molar-refractivity contribution in [3.05, 3.63) is 38.9 Å². The molecule has 0 radical (unpaired) electrons. The fourth-order valence-corrected chi connectivity index (χ4v) is 2.85. The van der Waals surface area contributed by atoms with E-state index < -0.39 is 4.92 Å². The number of nitrogens with zero attached hydrogens (tertiary/aromatic N) is 2. The van der Waals surface area contributed by atoms with Gasteiger partial charge in [0.1, 0.15) is 0 Å². The molecule has 0 N–H and O–H groups in total. The molecule has 0 spiro atoms. The molecule has 0 amide bonds. The Morgan fingerprint density at radius 1 is 1.57 bits per heavy atom. The summed E-state index contributed by atoms with van der Waals surface area (Å²) in [4.78, 5) is 24.3. The van der Waals surface area contributed by atoms with Crippen LogP contribution in [0.15, 0.2) is 18.2 Å². The molecule has 21 heavy (non-hydrogen) atoms. The first-order valence-electron chi connectivity index (χ1n) is 6.74. The van der Waals surface area contributed by atoms with Crippen molar-refractivity contribution in [3.63, 3.8) is 0 Å². The Morgan fingerprint density at radius 2 is 2.33 bits per heavy atom. The molecule has 1 unspecified atom stereocenters. The Kier molecular flexibility index (Phi) is 5.14. The van der Waals surface area contributed by atoms with Crippen LogP contribution in [0.1, 0.15) is 18.4 Å². The summed E-state index contributed by atoms with van der Waals surface area (Å²) >= 11 is 5.93. The minimum absolute atomic E-state index is 0.0552. The van der Waals surface area contributed by atoms with Crippen molar-refractivity contribution in [3.8, 4) is 0 Å². The maximum Gasteiger partial charge on any atom is 0.309 e. The fourth-order valence-electron chi connectivity index (χ4n) is 2.66. The summed E-state index contributed by atoms with van der Waals surface area (Å²) in [6.07, 6.45) is 1.66. The van der Waals surface area contributed by atoms with Crippen LogP contribution >= 0.6 is 11.6 Å². The fraction of sp³-hybridized carbons (Fsp3) is 0.500. The van der Waals surface area contributed by atoms with Gasteiger partial charge in [-0.25, -0.2) is 0 Å². The van der Waals surface area contributed by atoms with Crippen LogP contribution in [0.3, 0.4) is 0 Å². The van der Waals surface area contributed by atoms with Crippen molar-refractivity contribution in [2.24, 2.45) is 5.92 Å². The number of hydrogen-bond acceptors (Lipinski definition) is 5. The van der Waals surface area contributed by atoms with Crippen molar-refractivity contribution in [2.75, 3.05) is 20.2 Å². The van der Waals surface area contributed by atoms with Crippen LogP contribution < -0.4 is 0 Å². The number of carbonyl (C=O) groups is 1. The summed E-state index contributed by atoms with van der Waals surface area (Å²) in [6.45, 7) is 1.76. The lowest BCUT2D eigenvalue weighted by molar-refractivity contribution is -0.385. The first-order valence-corrected chi connectivity index (χ1v) is 7.12. The molecule has 1 saturated heterocycles. The highest BCUT2D eigenvalue weighted by molar-refractivity contribution is 6.30. The topological polar surface area (TPSA) is 72.7 Å². The predicted octanol–water partition coefficient (Wildman–Crippen LogP) is 2.63. The van der Waals surface area contributed by atoms with Gasteiger partial charge in [0, 0.05) is 29.7 Å². The Hall–Kier alpha value is -1.66. The third kappa shape index (κ3) is 3.92. The number of halogens is 1. The van der Waals surface area contributed by atoms with E-state index in [-0.39, 0.29) is 17.6 Å². The van der Waals surface area contributed by atoms with Crippen molar-refractivity contribution in [1.82, 2.24) is 4.90 Å². The molecule has 1 aliphatic rings. The first kappa shape index (κ1) is 15.7. The molecule has 0 saturated carbocycles. The number of rotatable bonds is 4. The average molecular weight is 313 g/mol. The molecule has 114 valence electrons. The van der Waals surface area contributed by atoms with Gasteiger partial charge in [0.15, 0.2) is 0 Å². The number of hydrogen-bond donors (Lipinski definition) is 0. The number of carbonyl (C=O) groups excluding carboxylic acids is 1. The lowest BCUT2D eigenvalue weighted by Gasteiger charge is -2.31. The van der Waals surface area contributed by atoms with Crippen molar-refractivity contribution >= 4 is 23.3 Å². The highest BCUT2D eigenvalue weighted by atomic mass is 35.5. The van der Waals surface area contributed by atoms with Crippen molar-refractivity contribution in [1.29, 1.82) is 0 Å². The zero-order valence-corrected chi connectivity index (χ0v) is 12.5. The summed E-state index contributed by atoms with van der Waals surface area (Å²) in [5.74, 6) is -0.387. The minimum Gasteiger partial charge on any atom is -0.469 e. The zero-order chi connectivity index (χ0) is 15.4. The van der Waals surface area contributed by atoms with Crippen LogP contribution in [0, 0.1) is 16.0 Å². The quantitative estimate of drug-likeness (QED) is 0.485. The number of nitro benzene ring substituents is 1. The maximum atomic E-state index is 11.6. The number of ether oxygens (including phenoxy) is 1. The third-order valence-corrected chi connectivity index (χ3v) is 3.91. The van der Waals surface area contributed by atoms with Crippen LogP contribution in [0.4, 0.5) is 5.69 Å². The monoisotopic (exact) mass is 312 g/mol. The molecule has 2 rings (SSSR count). The van der Waals surface area contributed by atoms with Gasteiger partial charge in [-0.05, 0) is 31.5 Å². The largest absolute Gasteiger partial charge is 0.469 e. The molecular weight excluding hydrogens is 296 g/mol. The number of methoxy groups -OCH3 is 1. The summed E-state index contributed by atoms with van der Waals surface area (Å²) in [7, 11) is 1.38. The molecule has 1 aromatic rings. The van der Waals surface area contributed by atoms with E-state index in [1.807, 2.05) is 4.90 Å². The molecule has 1 heterocycles. The highest BCUT2D eigenvalue weighted by Gasteiger charge is 2.27. The molecule has 6 nitrogen and oxygen atoms in total. The van der Waals surface area contributed by atoms with Crippen LogP contribution in [0.5, 0.6) is 0 Å². The highest BCUT2D eigenvalue weighted by Crippen LogP contribution is 2.26. The van der Waals surface area contributed by atoms with E-state index in [0.29, 0.717) is 23.7 Å². The smallest absolute Gasteiger partial charge is 0.309 e. The maximum absolute atomic E-state index is 11.6. The van der Waals surface area contributed by atoms with Crippen LogP contribution in [-0.2, 0) is 16.1 Å². The molecule has 1 aliphatic heterocycles. The van der Waals surface area contributed by atoms with E-state index in [9.17, 15) is 14.9 Å². The Balaban J connectivity index is 2.12. The second-order valence-electron chi connectivity index (χ2n) is 5.13. The van der Waals surface area contributed by atoms with E-state index in [4.69, 9.17) is 16.3 Å². The molecule has 0 bridgehead atoms. The minimum atomic E-state index is -0.409. The predicted molar refractivity (Wildman–Crippen MR) is 78.1 cm³/mol. The van der Waals surface area contributed by atoms with Gasteiger partial charge in [0.25, 0.3) is 5.69 Å². The van der Waals surface area contributed by atoms with Gasteiger partial charge in [0.05, 0.1) is 18.0 Å². The molecule has 0 aliphatic carbocycles. The Morgan fingerprint density at radius 3 is 3.00 bits per heavy atom. The van der Waals surface area contributed by atoms with Gasteiger partial charge in [0.2, 0.25) is 0 Å². The Bertz CT molecular complexity index is 550. The van der Waals surface area contributed by atoms with E-state index in [1.165, 1.54) is 19.2 Å². The lowest BCUT2D eigenvalue weighted by atomic mass is 9.97. The lowest BCUT2D eigenvalue weighted by Crippen LogP contribution is -2.38. The number of piperidine rings is 1. The first-order chi connectivity index (χ1) is 10.0. The molecule has 1 atom stereocenters. The van der Waals surface area contributed by atoms with Gasteiger partial charge in [-0.3, -0.25) is 19.8 Å². The van der Waals surface area contributed by atoms with E-state index >= 15 is 0 Å². The number of esters is 1. The summed E-state index contributed by atoms with van der Waals surface area (Å²) in [5, 5.41) is 11.5. The molecular formula is C14H17ClN2O4. The summed E-state index contributed by atoms with van der Waals surface area (Å²) in [5.41, 5.74) is 0.623. The van der Waals surface area contributed by atoms with Crippen LogP contribution in [0.25, 0.3) is 0 Å². The Labute approximate surface area is 127 Å². The van der Waals surface area contributed by atoms with Crippen LogP contribution in [-0.4, -0.2) is 36.0 Å². The SMILES string of the molecule is COC(=O)C1CCCN(Cc2cc(Cl)ccc2[N+](=O)[O-])C1. The molecule has 1 fully saturated rings. The average Bonchev–Trinajstić information content (AvgIpc) is 2.46. The zero-order valence-electron chi connectivity index (χ0n) is 11.8. The molecule has 7 heteroatoms. The number of benzene rings is 1. The standard InChI is InChI=1S/C14H17ClN2O4/c1-21-14(18)10-3-2-6-16(8-10)9-11-7-12(15)4-5-13(11)17(19)20/h4-5,7,10H,2-3,6,8-9H2,1H3. The second kappa shape index (κ2) is 6.87. The number of nitro groups is 1. The molecule has 1 aromatic carbocycles. The number of likely N-dealkylation sites (tertiary alicyclic amines) is 1. The van der Waals surface area contributed by atoms with Crippen LogP contribution in [0.2, 0.25) is 5.02 Å². The van der Waals surface area contributed by atoms with E-state index in [1.54, 1.807) is 6.07 Å². The summed E-state index contributed by atoms with van der Waals surface area (Å²) in [6, 6.07) is 4.54. The molecule has 0 aromatic heterocycles. The normalized spacial score (nSPS) is 19.2. The van der Waals surface area contributed by atoms with Crippen molar-refractivity contribution < 1.29 is 14.5 Å². The van der Waals surface area contributed by atoms with Gasteiger partial charge in [-0.1, -0.05) is 11.6 Å². The van der Waals surface area contributed by atoms with Crippen molar-refractivity contribution in [2.45, 2.75) is 19.4 Å². The van der Waals surface area contributed by atoms with Gasteiger partial charge < -0.3 is 4.74 Å². The third-order valence-electron chi connectivity index (χ3n) is 3.67. The van der Waals surface area contributed by atoms with E-state index in [0.717, 1.165) is 19.4 Å². The van der Waals surface area contributed by atoms with Gasteiger partial charge in [-0.2, -0.15) is 0 Å². The van der Waals surface area contributed by atoms with E-state index in [2.05, 4.69) is 0 Å². The second-order valence-corrected chi connectivity index (χ2v) is 5.56. The van der Waals surface area contributed by atoms with Gasteiger partial charge in [-0.15, -0.1) is 0 Å². The summed E-state index contributed by atoms with van der Waals surface area (Å²) < 4.78 is 4.77. The van der Waals surface area contributed by atoms with Gasteiger partial charge >= 0.3 is 5.97 Å².